The van der Waals surface area contributed by atoms with Crippen molar-refractivity contribution in [1.29, 1.82) is 0 Å². The summed E-state index contributed by atoms with van der Waals surface area (Å²) in [7, 11) is 0. The smallest absolute Gasteiger partial charge is 0.306 e. The van der Waals surface area contributed by atoms with Gasteiger partial charge in [-0.3, -0.25) is 19.2 Å². The van der Waals surface area contributed by atoms with Crippen molar-refractivity contribution in [3.05, 3.63) is 61.2 Å². The Morgan fingerprint density at radius 3 is 2.64 bits per heavy atom. The quantitative estimate of drug-likeness (QED) is 0.157. The van der Waals surface area contributed by atoms with Gasteiger partial charge in [-0.15, -0.1) is 13.2 Å². The van der Waals surface area contributed by atoms with Crippen LogP contribution in [0.3, 0.4) is 0 Å². The fraction of sp³-hybridized carbons (Fsp3) is 0.576. The third-order valence-electron chi connectivity index (χ3n) is 8.93. The van der Waals surface area contributed by atoms with Crippen LogP contribution in [-0.2, 0) is 28.7 Å². The van der Waals surface area contributed by atoms with Crippen molar-refractivity contribution in [3.63, 3.8) is 0 Å². The van der Waals surface area contributed by atoms with Crippen LogP contribution in [0.5, 0.6) is 0 Å². The molecule has 1 unspecified atom stereocenters. The van der Waals surface area contributed by atoms with E-state index in [1.54, 1.807) is 24.0 Å². The van der Waals surface area contributed by atoms with E-state index in [1.165, 1.54) is 4.90 Å². The third kappa shape index (κ3) is 6.50. The average Bonchev–Trinajstić information content (AvgIpc) is 3.62. The number of hydrogen-bond acceptors (Lipinski definition) is 7. The largest absolute Gasteiger partial charge is 0.463 e. The molecule has 3 aliphatic rings. The average molecular weight is 675 g/mol. The first kappa shape index (κ1) is 33.9. The molecule has 3 amide bonds. The zero-order valence-electron chi connectivity index (χ0n) is 25.5. The van der Waals surface area contributed by atoms with Gasteiger partial charge in [0, 0.05) is 24.3 Å². The molecule has 11 heteroatoms. The molecular weight excluding hydrogens is 630 g/mol. The van der Waals surface area contributed by atoms with Crippen molar-refractivity contribution in [3.8, 4) is 0 Å². The SMILES string of the molecule is C=CCCC(=O)OC[C@@H](NC(=O)[C@@H]1[C@H]2O[C@@]3(CC2Br)[C@H](C(=O)N(CC=C)CCCC)N([C@H](C)CO)C(=O)[C@@H]13)c1ccccc1. The number of esters is 1. The number of allylic oxidation sites excluding steroid dienone is 1. The summed E-state index contributed by atoms with van der Waals surface area (Å²) in [5.74, 6) is -3.31. The molecule has 0 aliphatic carbocycles. The van der Waals surface area contributed by atoms with Crippen molar-refractivity contribution in [1.82, 2.24) is 15.1 Å². The number of nitrogens with one attached hydrogen (secondary N) is 1. The van der Waals surface area contributed by atoms with Gasteiger partial charge in [0.25, 0.3) is 0 Å². The van der Waals surface area contributed by atoms with E-state index in [0.717, 1.165) is 18.4 Å². The summed E-state index contributed by atoms with van der Waals surface area (Å²) < 4.78 is 12.1. The van der Waals surface area contributed by atoms with E-state index in [4.69, 9.17) is 9.47 Å². The van der Waals surface area contributed by atoms with Crippen LogP contribution in [0, 0.1) is 11.8 Å². The zero-order chi connectivity index (χ0) is 32.0. The number of hydrogen-bond donors (Lipinski definition) is 2. The zero-order valence-corrected chi connectivity index (χ0v) is 27.1. The van der Waals surface area contributed by atoms with Gasteiger partial charge in [0.2, 0.25) is 17.7 Å². The van der Waals surface area contributed by atoms with Gasteiger partial charge < -0.3 is 29.7 Å². The minimum atomic E-state index is -1.25. The number of carbonyl (C=O) groups excluding carboxylic acids is 4. The van der Waals surface area contributed by atoms with Crippen LogP contribution in [-0.4, -0.2) is 93.5 Å². The number of rotatable bonds is 16. The summed E-state index contributed by atoms with van der Waals surface area (Å²) in [5.41, 5.74) is -0.507. The first-order valence-electron chi connectivity index (χ1n) is 15.4. The molecule has 0 radical (unpaired) electrons. The molecule has 2 N–H and O–H groups in total. The first-order valence-corrected chi connectivity index (χ1v) is 16.3. The number of aliphatic hydroxyl groups is 1. The number of ether oxygens (including phenoxy) is 2. The van der Waals surface area contributed by atoms with Gasteiger partial charge in [-0.1, -0.05) is 71.8 Å². The van der Waals surface area contributed by atoms with Gasteiger partial charge >= 0.3 is 5.97 Å². The highest BCUT2D eigenvalue weighted by molar-refractivity contribution is 9.09. The number of unbranched alkanes of at least 4 members (excludes halogenated alkanes) is 1. The standard InChI is InChI=1S/C33H44BrN3O7/c1-5-8-15-25(39)43-20-24(22-13-11-10-12-14-22)35-30(40)26-27-31(41)37(21(4)19-38)29(33(27)18-23(34)28(26)44-33)32(42)36(16-7-3)17-9-6-2/h5,7,10-14,21,23-24,26-29,38H,1,3,6,8-9,15-20H2,2,4H3,(H,35,40)/t21-,23?,24-,26+,27-,28+,29+,33-/m1/s1. The number of carbonyl (C=O) groups is 4. The number of benzene rings is 1. The molecule has 1 aromatic rings. The molecule has 3 aliphatic heterocycles. The Morgan fingerprint density at radius 2 is 2.00 bits per heavy atom. The lowest BCUT2D eigenvalue weighted by molar-refractivity contribution is -0.150. The van der Waals surface area contributed by atoms with Crippen molar-refractivity contribution < 1.29 is 33.8 Å². The van der Waals surface area contributed by atoms with E-state index in [0.29, 0.717) is 25.9 Å². The molecule has 3 heterocycles. The fourth-order valence-corrected chi connectivity index (χ4v) is 7.76. The van der Waals surface area contributed by atoms with Gasteiger partial charge in [-0.05, 0) is 31.7 Å². The molecule has 2 bridgehead atoms. The molecule has 4 rings (SSSR count). The highest BCUT2D eigenvalue weighted by Gasteiger charge is 2.77. The molecule has 44 heavy (non-hydrogen) atoms. The minimum Gasteiger partial charge on any atom is -0.463 e. The van der Waals surface area contributed by atoms with Gasteiger partial charge in [-0.25, -0.2) is 0 Å². The molecule has 0 aromatic heterocycles. The molecular formula is C33H44BrN3O7. The molecule has 10 nitrogen and oxygen atoms in total. The molecule has 3 fully saturated rings. The molecule has 0 saturated carbocycles. The van der Waals surface area contributed by atoms with Gasteiger partial charge in [0.1, 0.15) is 18.2 Å². The minimum absolute atomic E-state index is 0.0891. The maximum Gasteiger partial charge on any atom is 0.306 e. The lowest BCUT2D eigenvalue weighted by atomic mass is 9.70. The first-order chi connectivity index (χ1) is 21.1. The van der Waals surface area contributed by atoms with Crippen molar-refractivity contribution in [2.75, 3.05) is 26.3 Å². The number of amides is 3. The van der Waals surface area contributed by atoms with E-state index in [2.05, 4.69) is 34.4 Å². The highest BCUT2D eigenvalue weighted by atomic mass is 79.9. The van der Waals surface area contributed by atoms with E-state index in [9.17, 15) is 24.3 Å². The van der Waals surface area contributed by atoms with E-state index in [-0.39, 0.29) is 36.3 Å². The van der Waals surface area contributed by atoms with Crippen LogP contribution in [0.4, 0.5) is 0 Å². The summed E-state index contributed by atoms with van der Waals surface area (Å²) in [6.45, 7) is 11.5. The van der Waals surface area contributed by atoms with Crippen LogP contribution >= 0.6 is 15.9 Å². The Kier molecular flexibility index (Phi) is 11.4. The Hall–Kier alpha value is -3.02. The number of aliphatic hydroxyl groups excluding tert-OH is 1. The van der Waals surface area contributed by atoms with Crippen LogP contribution in [0.25, 0.3) is 0 Å². The van der Waals surface area contributed by atoms with Crippen molar-refractivity contribution in [2.45, 2.75) is 80.6 Å². The summed E-state index contributed by atoms with van der Waals surface area (Å²) in [6, 6.07) is 6.84. The second-order valence-electron chi connectivity index (χ2n) is 11.8. The lowest BCUT2D eigenvalue weighted by Crippen LogP contribution is -2.58. The number of nitrogens with zero attached hydrogens (tertiary/aromatic N) is 2. The molecule has 8 atom stereocenters. The summed E-state index contributed by atoms with van der Waals surface area (Å²) in [4.78, 5) is 57.8. The van der Waals surface area contributed by atoms with Gasteiger partial charge in [-0.2, -0.15) is 0 Å². The topological polar surface area (TPSA) is 125 Å². The Labute approximate surface area is 267 Å². The summed E-state index contributed by atoms with van der Waals surface area (Å²) >= 11 is 3.70. The van der Waals surface area contributed by atoms with E-state index in [1.807, 2.05) is 37.3 Å². The Morgan fingerprint density at radius 1 is 1.27 bits per heavy atom. The maximum atomic E-state index is 14.3. The number of halogens is 1. The van der Waals surface area contributed by atoms with Crippen LogP contribution < -0.4 is 5.32 Å². The Balaban J connectivity index is 1.66. The number of fused-ring (bicyclic) bond motifs is 1. The summed E-state index contributed by atoms with van der Waals surface area (Å²) in [5, 5.41) is 13.2. The van der Waals surface area contributed by atoms with Crippen LogP contribution in [0.15, 0.2) is 55.6 Å². The van der Waals surface area contributed by atoms with E-state index < -0.39 is 53.5 Å². The monoisotopic (exact) mass is 673 g/mol. The van der Waals surface area contributed by atoms with Crippen LogP contribution in [0.1, 0.15) is 57.6 Å². The highest BCUT2D eigenvalue weighted by Crippen LogP contribution is 2.60. The normalized spacial score (nSPS) is 28.2. The van der Waals surface area contributed by atoms with Crippen LogP contribution in [0.2, 0.25) is 0 Å². The fourth-order valence-electron chi connectivity index (χ4n) is 6.82. The summed E-state index contributed by atoms with van der Waals surface area (Å²) in [6.07, 6.45) is 5.32. The molecule has 3 saturated heterocycles. The van der Waals surface area contributed by atoms with Gasteiger partial charge in [0.15, 0.2) is 0 Å². The molecule has 1 spiro atoms. The number of likely N-dealkylation sites (tertiary alicyclic amines) is 1. The van der Waals surface area contributed by atoms with E-state index >= 15 is 0 Å². The van der Waals surface area contributed by atoms with Crippen molar-refractivity contribution >= 4 is 39.6 Å². The molecule has 240 valence electrons. The van der Waals surface area contributed by atoms with Crippen molar-refractivity contribution in [2.24, 2.45) is 11.8 Å². The molecule has 1 aromatic carbocycles. The predicted octanol–water partition coefficient (Wildman–Crippen LogP) is 3.30. The second kappa shape index (κ2) is 14.8. The lowest BCUT2D eigenvalue weighted by Gasteiger charge is -2.38. The predicted molar refractivity (Wildman–Crippen MR) is 168 cm³/mol. The van der Waals surface area contributed by atoms with Gasteiger partial charge in [0.05, 0.1) is 36.6 Å². The Bertz CT molecular complexity index is 1230. The maximum absolute atomic E-state index is 14.3. The second-order valence-corrected chi connectivity index (χ2v) is 13.0. The number of alkyl halides is 1. The third-order valence-corrected chi connectivity index (χ3v) is 9.77.